The molecule has 1 amide bonds. The molecule has 1 unspecified atom stereocenters. The van der Waals surface area contributed by atoms with Crippen molar-refractivity contribution < 1.29 is 47.1 Å². The van der Waals surface area contributed by atoms with Crippen LogP contribution in [0.1, 0.15) is 174 Å². The summed E-state index contributed by atoms with van der Waals surface area (Å²) in [6.07, 6.45) is 27.5. The summed E-state index contributed by atoms with van der Waals surface area (Å²) in [7, 11) is 1.40. The molecule has 2 N–H and O–H groups in total. The smallest absolute Gasteiger partial charge is 0.463 e. The van der Waals surface area contributed by atoms with Gasteiger partial charge in [0.15, 0.2) is 6.10 Å². The van der Waals surface area contributed by atoms with Gasteiger partial charge in [0.1, 0.15) is 19.8 Å². The third-order valence-corrected chi connectivity index (χ3v) is 9.65. The second kappa shape index (κ2) is 33.6. The number of unbranched alkanes of at least 4 members (excludes halogenated alkanes) is 22. The van der Waals surface area contributed by atoms with E-state index in [1.165, 1.54) is 116 Å². The summed E-state index contributed by atoms with van der Waals surface area (Å²) >= 11 is 0. The quantitative estimate of drug-likeness (QED) is 0.0160. The number of amides is 1. The predicted octanol–water partition coefficient (Wildman–Crippen LogP) is 10.2. The first-order chi connectivity index (χ1) is 24.0. The zero-order chi connectivity index (χ0) is 37.2. The van der Waals surface area contributed by atoms with Crippen molar-refractivity contribution in [1.82, 2.24) is 5.32 Å². The van der Waals surface area contributed by atoms with E-state index in [-0.39, 0.29) is 19.6 Å². The van der Waals surface area contributed by atoms with Gasteiger partial charge in [0.05, 0.1) is 27.7 Å². The van der Waals surface area contributed by atoms with Crippen molar-refractivity contribution in [2.45, 2.75) is 180 Å². The van der Waals surface area contributed by atoms with Crippen molar-refractivity contribution in [2.75, 3.05) is 54.1 Å². The van der Waals surface area contributed by atoms with Crippen LogP contribution in [0.4, 0.5) is 4.79 Å². The highest BCUT2D eigenvalue weighted by molar-refractivity contribution is 7.47. The molecule has 298 valence electrons. The molecule has 2 atom stereocenters. The molecule has 0 aromatic carbocycles. The molecule has 0 bridgehead atoms. The first-order valence-corrected chi connectivity index (χ1v) is 21.7. The third kappa shape index (κ3) is 36.6. The molecule has 12 heteroatoms. The van der Waals surface area contributed by atoms with Gasteiger partial charge in [0.25, 0.3) is 0 Å². The highest BCUT2D eigenvalue weighted by Gasteiger charge is 2.27. The van der Waals surface area contributed by atoms with E-state index < -0.39 is 32.6 Å². The molecular weight excluding hydrogens is 659 g/mol. The minimum atomic E-state index is -4.40. The van der Waals surface area contributed by atoms with Crippen molar-refractivity contribution >= 4 is 19.9 Å². The number of rotatable bonds is 37. The zero-order valence-corrected chi connectivity index (χ0v) is 33.8. The summed E-state index contributed by atoms with van der Waals surface area (Å²) in [5.41, 5.74) is 0. The summed E-state index contributed by atoms with van der Waals surface area (Å²) in [6.45, 7) is 4.65. The van der Waals surface area contributed by atoms with E-state index in [1.54, 1.807) is 0 Å². The molecule has 0 spiro atoms. The molecule has 0 aliphatic rings. The molecule has 50 heavy (non-hydrogen) atoms. The van der Waals surface area contributed by atoms with Crippen molar-refractivity contribution in [3.05, 3.63) is 0 Å². The van der Waals surface area contributed by atoms with Crippen LogP contribution in [-0.4, -0.2) is 81.6 Å². The molecule has 11 nitrogen and oxygen atoms in total. The molecule has 0 rings (SSSR count). The number of carbonyl (C=O) groups is 2. The van der Waals surface area contributed by atoms with Crippen molar-refractivity contribution in [1.29, 1.82) is 0 Å². The predicted molar refractivity (Wildman–Crippen MR) is 202 cm³/mol. The maximum atomic E-state index is 12.4. The largest absolute Gasteiger partial charge is 0.472 e. The van der Waals surface area contributed by atoms with Gasteiger partial charge < -0.3 is 19.4 Å². The highest BCUT2D eigenvalue weighted by atomic mass is 31.2. The molecule has 0 fully saturated rings. The van der Waals surface area contributed by atoms with Crippen LogP contribution in [0.5, 0.6) is 0 Å². The van der Waals surface area contributed by atoms with Gasteiger partial charge in [-0.05, 0) is 12.8 Å². The lowest BCUT2D eigenvalue weighted by Gasteiger charge is -2.24. The number of phosphoric ester groups is 1. The molecule has 0 aromatic heterocycles. The lowest BCUT2D eigenvalue weighted by molar-refractivity contribution is -0.870. The summed E-state index contributed by atoms with van der Waals surface area (Å²) in [6, 6.07) is 0. The Hall–Kier alpha value is -1.23. The number of phosphoric acid groups is 1. The standard InChI is InChI=1S/C38H77N2O9P/c1-6-8-10-12-14-16-18-19-20-22-24-26-28-30-37(41)45-34-36(35-47-50(43,44)46-33-32-40(3,4)5)48-49-38(42)39-31-29-27-25-23-21-17-15-13-11-9-7-2/h36H,6-35H2,1-5H3,(H-,39,42,43,44)/p+1/t36-/m1/s1. The fraction of sp³-hybridized carbons (Fsp3) is 0.947. The first kappa shape index (κ1) is 48.8. The Morgan fingerprint density at radius 3 is 1.54 bits per heavy atom. The van der Waals surface area contributed by atoms with Crippen LogP contribution in [-0.2, 0) is 32.9 Å². The fourth-order valence-corrected chi connectivity index (χ4v) is 6.16. The van der Waals surface area contributed by atoms with Gasteiger partial charge in [0, 0.05) is 13.0 Å². The lowest BCUT2D eigenvalue weighted by atomic mass is 10.0. The van der Waals surface area contributed by atoms with Crippen molar-refractivity contribution in [3.8, 4) is 0 Å². The lowest BCUT2D eigenvalue weighted by Crippen LogP contribution is -2.37. The Bertz CT molecular complexity index is 842. The number of carbonyl (C=O) groups excluding carboxylic acids is 2. The van der Waals surface area contributed by atoms with Crippen LogP contribution in [0.25, 0.3) is 0 Å². The van der Waals surface area contributed by atoms with E-state index in [0.717, 1.165) is 38.5 Å². The molecule has 0 saturated carbocycles. The highest BCUT2D eigenvalue weighted by Crippen LogP contribution is 2.43. The Morgan fingerprint density at radius 2 is 1.08 bits per heavy atom. The van der Waals surface area contributed by atoms with E-state index in [4.69, 9.17) is 23.6 Å². The summed E-state index contributed by atoms with van der Waals surface area (Å²) in [5, 5.41) is 2.65. The van der Waals surface area contributed by atoms with Gasteiger partial charge in [0.2, 0.25) is 0 Å². The summed E-state index contributed by atoms with van der Waals surface area (Å²) in [4.78, 5) is 44.8. The summed E-state index contributed by atoms with van der Waals surface area (Å²) in [5.74, 6) is -0.408. The molecule has 0 saturated heterocycles. The van der Waals surface area contributed by atoms with Gasteiger partial charge in [-0.1, -0.05) is 155 Å². The Balaban J connectivity index is 4.36. The van der Waals surface area contributed by atoms with Gasteiger partial charge in [-0.15, -0.1) is 0 Å². The van der Waals surface area contributed by atoms with E-state index in [1.807, 2.05) is 21.1 Å². The minimum Gasteiger partial charge on any atom is -0.463 e. The number of nitrogens with zero attached hydrogens (tertiary/aromatic N) is 1. The van der Waals surface area contributed by atoms with Crippen LogP contribution in [0, 0.1) is 0 Å². The normalized spacial score (nSPS) is 13.6. The molecule has 0 aromatic rings. The number of likely N-dealkylation sites (N-methyl/N-ethyl adjacent to an activating group) is 1. The first-order valence-electron chi connectivity index (χ1n) is 20.2. The molecule has 0 heterocycles. The topological polar surface area (TPSA) is 130 Å². The molecule has 0 radical (unpaired) electrons. The van der Waals surface area contributed by atoms with E-state index in [9.17, 15) is 19.0 Å². The number of esters is 1. The number of hydrogen-bond acceptors (Lipinski definition) is 8. The Kier molecular flexibility index (Phi) is 32.8. The number of hydrogen-bond donors (Lipinski definition) is 2. The number of ether oxygens (including phenoxy) is 1. The zero-order valence-electron chi connectivity index (χ0n) is 32.9. The van der Waals surface area contributed by atoms with Crippen LogP contribution in [0.2, 0.25) is 0 Å². The monoisotopic (exact) mass is 738 g/mol. The maximum absolute atomic E-state index is 12.4. The number of nitrogens with one attached hydrogen (secondary N) is 1. The average molecular weight is 738 g/mol. The van der Waals surface area contributed by atoms with Gasteiger partial charge >= 0.3 is 19.9 Å². The van der Waals surface area contributed by atoms with Crippen molar-refractivity contribution in [2.24, 2.45) is 0 Å². The van der Waals surface area contributed by atoms with Crippen LogP contribution in [0.3, 0.4) is 0 Å². The molecular formula is C38H78N2O9P+. The van der Waals surface area contributed by atoms with E-state index in [2.05, 4.69) is 19.2 Å². The Morgan fingerprint density at radius 1 is 0.640 bits per heavy atom. The molecule has 0 aliphatic carbocycles. The SMILES string of the molecule is CCCCCCCCCCCCCCCC(=O)OC[C@H](COP(=O)(O)OCC[N+](C)(C)C)OOC(=O)NCCCCCCCCCCCCC. The molecule has 0 aliphatic heterocycles. The maximum Gasteiger partial charge on any atom is 0.472 e. The average Bonchev–Trinajstić information content (AvgIpc) is 3.06. The van der Waals surface area contributed by atoms with E-state index >= 15 is 0 Å². The van der Waals surface area contributed by atoms with Crippen LogP contribution < -0.4 is 5.32 Å². The third-order valence-electron chi connectivity index (χ3n) is 8.66. The van der Waals surface area contributed by atoms with Gasteiger partial charge in [-0.3, -0.25) is 18.7 Å². The second-order valence-electron chi connectivity index (χ2n) is 14.8. The van der Waals surface area contributed by atoms with Gasteiger partial charge in [-0.2, -0.15) is 4.89 Å². The van der Waals surface area contributed by atoms with E-state index in [0.29, 0.717) is 17.6 Å². The number of quaternary nitrogens is 1. The minimum absolute atomic E-state index is 0.00880. The van der Waals surface area contributed by atoms with Gasteiger partial charge in [-0.25, -0.2) is 9.36 Å². The second-order valence-corrected chi connectivity index (χ2v) is 16.3. The fourth-order valence-electron chi connectivity index (χ4n) is 5.41. The van der Waals surface area contributed by atoms with Crippen LogP contribution in [0.15, 0.2) is 0 Å². The summed E-state index contributed by atoms with van der Waals surface area (Å²) < 4.78 is 28.4. The Labute approximate surface area is 306 Å². The van der Waals surface area contributed by atoms with Crippen LogP contribution >= 0.6 is 7.82 Å². The van der Waals surface area contributed by atoms with Crippen molar-refractivity contribution in [3.63, 3.8) is 0 Å².